The molecule has 0 aromatic rings. The van der Waals surface area contributed by atoms with E-state index in [1.165, 1.54) is 6.92 Å². The van der Waals surface area contributed by atoms with Crippen LogP contribution in [-0.2, 0) is 4.79 Å². The Kier molecular flexibility index (Phi) is 3.35. The largest absolute Gasteiger partial charge is 0.481 e. The summed E-state index contributed by atoms with van der Waals surface area (Å²) < 4.78 is 35.5. The Morgan fingerprint density at radius 3 is 2.09 bits per heavy atom. The van der Waals surface area contributed by atoms with Crippen molar-refractivity contribution in [3.05, 3.63) is 0 Å². The molecule has 0 fully saturated rings. The summed E-state index contributed by atoms with van der Waals surface area (Å²) in [6, 6.07) is 0. The van der Waals surface area contributed by atoms with Crippen LogP contribution in [0.15, 0.2) is 0 Å². The lowest BCUT2D eigenvalue weighted by molar-refractivity contribution is -0.183. The molecule has 0 amide bonds. The maximum Gasteiger partial charge on any atom is 0.392 e. The van der Waals surface area contributed by atoms with Gasteiger partial charge in [0, 0.05) is 0 Å². The first-order valence-corrected chi connectivity index (χ1v) is 3.16. The number of carboxylic acids is 1. The smallest absolute Gasteiger partial charge is 0.392 e. The first-order chi connectivity index (χ1) is 4.88. The zero-order valence-electron chi connectivity index (χ0n) is 5.98. The fourth-order valence-electron chi connectivity index (χ4n) is 0.702. The number of halogens is 3. The van der Waals surface area contributed by atoms with Crippen molar-refractivity contribution in [2.24, 2.45) is 5.92 Å². The second-order valence-electron chi connectivity index (χ2n) is 2.24. The predicted molar refractivity (Wildman–Crippen MR) is 32.1 cm³/mol. The average molecular weight is 170 g/mol. The summed E-state index contributed by atoms with van der Waals surface area (Å²) in [5, 5.41) is 8.08. The number of rotatable bonds is 3. The fourth-order valence-corrected chi connectivity index (χ4v) is 0.702. The summed E-state index contributed by atoms with van der Waals surface area (Å²) in [6.07, 6.45) is -5.40. The zero-order valence-corrected chi connectivity index (χ0v) is 5.98. The van der Waals surface area contributed by atoms with Gasteiger partial charge in [0.05, 0.1) is 12.3 Å². The van der Waals surface area contributed by atoms with E-state index in [1.807, 2.05) is 0 Å². The van der Waals surface area contributed by atoms with Crippen LogP contribution < -0.4 is 0 Å². The zero-order chi connectivity index (χ0) is 9.07. The van der Waals surface area contributed by atoms with Crippen molar-refractivity contribution >= 4 is 5.97 Å². The number of carbonyl (C=O) groups is 1. The van der Waals surface area contributed by atoms with E-state index in [4.69, 9.17) is 5.11 Å². The molecular weight excluding hydrogens is 161 g/mol. The number of aliphatic carboxylic acids is 1. The number of hydrogen-bond donors (Lipinski definition) is 1. The molecule has 1 unspecified atom stereocenters. The van der Waals surface area contributed by atoms with Gasteiger partial charge in [0.1, 0.15) is 0 Å². The number of carboxylic acid groups (broad SMARTS) is 1. The normalized spacial score (nSPS) is 14.5. The lowest BCUT2D eigenvalue weighted by Gasteiger charge is -2.15. The molecule has 0 rings (SSSR count). The van der Waals surface area contributed by atoms with E-state index in [1.54, 1.807) is 0 Å². The van der Waals surface area contributed by atoms with E-state index in [0.717, 1.165) is 0 Å². The molecule has 0 aliphatic heterocycles. The third-order valence-corrected chi connectivity index (χ3v) is 1.38. The maximum atomic E-state index is 11.8. The van der Waals surface area contributed by atoms with E-state index in [9.17, 15) is 18.0 Å². The van der Waals surface area contributed by atoms with Crippen LogP contribution in [0.25, 0.3) is 0 Å². The van der Waals surface area contributed by atoms with Crippen molar-refractivity contribution in [3.8, 4) is 0 Å². The van der Waals surface area contributed by atoms with E-state index in [0.29, 0.717) is 0 Å². The first-order valence-electron chi connectivity index (χ1n) is 3.16. The highest BCUT2D eigenvalue weighted by molar-refractivity contribution is 5.67. The van der Waals surface area contributed by atoms with E-state index in [-0.39, 0.29) is 6.42 Å². The van der Waals surface area contributed by atoms with Gasteiger partial charge in [0.15, 0.2) is 0 Å². The van der Waals surface area contributed by atoms with Crippen LogP contribution >= 0.6 is 0 Å². The van der Waals surface area contributed by atoms with Gasteiger partial charge in [-0.1, -0.05) is 6.92 Å². The van der Waals surface area contributed by atoms with Crippen molar-refractivity contribution in [3.63, 3.8) is 0 Å². The third-order valence-electron chi connectivity index (χ3n) is 1.38. The van der Waals surface area contributed by atoms with Crippen molar-refractivity contribution in [2.45, 2.75) is 25.9 Å². The molecule has 0 aliphatic carbocycles. The van der Waals surface area contributed by atoms with E-state index in [2.05, 4.69) is 0 Å². The van der Waals surface area contributed by atoms with Crippen LogP contribution in [0.1, 0.15) is 19.8 Å². The molecule has 0 radical (unpaired) electrons. The number of hydrogen-bond acceptors (Lipinski definition) is 1. The molecule has 0 heterocycles. The Hall–Kier alpha value is -0.740. The Morgan fingerprint density at radius 2 is 2.00 bits per heavy atom. The quantitative estimate of drug-likeness (QED) is 0.703. The Morgan fingerprint density at radius 1 is 1.55 bits per heavy atom. The Balaban J connectivity index is 4.07. The van der Waals surface area contributed by atoms with Gasteiger partial charge in [-0.2, -0.15) is 13.2 Å². The van der Waals surface area contributed by atoms with Gasteiger partial charge in [-0.05, 0) is 6.42 Å². The van der Waals surface area contributed by atoms with Crippen molar-refractivity contribution in [1.29, 1.82) is 0 Å². The second kappa shape index (κ2) is 3.59. The first kappa shape index (κ1) is 10.3. The van der Waals surface area contributed by atoms with Crippen molar-refractivity contribution < 1.29 is 23.1 Å². The minimum absolute atomic E-state index is 0.185. The average Bonchev–Trinajstić information content (AvgIpc) is 1.79. The molecule has 1 N–H and O–H groups in total. The van der Waals surface area contributed by atoms with E-state index >= 15 is 0 Å². The molecule has 66 valence electrons. The van der Waals surface area contributed by atoms with Crippen LogP contribution in [0.2, 0.25) is 0 Å². The monoisotopic (exact) mass is 170 g/mol. The lowest BCUT2D eigenvalue weighted by Crippen LogP contribution is -2.24. The molecule has 0 spiro atoms. The van der Waals surface area contributed by atoms with Crippen LogP contribution in [0.4, 0.5) is 13.2 Å². The SMILES string of the molecule is CCC(CC(=O)O)C(F)(F)F. The molecule has 0 aromatic carbocycles. The minimum Gasteiger partial charge on any atom is -0.481 e. The molecule has 0 saturated carbocycles. The highest BCUT2D eigenvalue weighted by atomic mass is 19.4. The second-order valence-corrected chi connectivity index (χ2v) is 2.24. The summed E-state index contributed by atoms with van der Waals surface area (Å²) >= 11 is 0. The van der Waals surface area contributed by atoms with Crippen LogP contribution in [0.5, 0.6) is 0 Å². The van der Waals surface area contributed by atoms with Crippen molar-refractivity contribution in [2.75, 3.05) is 0 Å². The summed E-state index contributed by atoms with van der Waals surface area (Å²) in [7, 11) is 0. The highest BCUT2D eigenvalue weighted by Crippen LogP contribution is 2.30. The van der Waals surface area contributed by atoms with Crippen LogP contribution in [0, 0.1) is 5.92 Å². The van der Waals surface area contributed by atoms with Crippen LogP contribution in [-0.4, -0.2) is 17.3 Å². The molecule has 0 saturated heterocycles. The van der Waals surface area contributed by atoms with E-state index < -0.39 is 24.5 Å². The minimum atomic E-state index is -4.38. The molecule has 0 aromatic heterocycles. The standard InChI is InChI=1S/C6H9F3O2/c1-2-4(3-5(10)11)6(7,8)9/h4H,2-3H2,1H3,(H,10,11). The molecule has 0 aliphatic rings. The van der Waals surface area contributed by atoms with Gasteiger partial charge in [-0.25, -0.2) is 0 Å². The summed E-state index contributed by atoms with van der Waals surface area (Å²) in [4.78, 5) is 9.92. The van der Waals surface area contributed by atoms with Gasteiger partial charge >= 0.3 is 12.1 Å². The van der Waals surface area contributed by atoms with Gasteiger partial charge < -0.3 is 5.11 Å². The maximum absolute atomic E-state index is 11.8. The third kappa shape index (κ3) is 3.85. The lowest BCUT2D eigenvalue weighted by atomic mass is 10.0. The van der Waals surface area contributed by atoms with Crippen LogP contribution in [0.3, 0.4) is 0 Å². The highest BCUT2D eigenvalue weighted by Gasteiger charge is 2.39. The number of alkyl halides is 3. The van der Waals surface area contributed by atoms with Gasteiger partial charge in [-0.3, -0.25) is 4.79 Å². The molecule has 1 atom stereocenters. The summed E-state index contributed by atoms with van der Waals surface area (Å²) in [5.74, 6) is -3.12. The fraction of sp³-hybridized carbons (Fsp3) is 0.833. The molecule has 5 heteroatoms. The van der Waals surface area contributed by atoms with Gasteiger partial charge in [-0.15, -0.1) is 0 Å². The molecule has 0 bridgehead atoms. The van der Waals surface area contributed by atoms with Crippen molar-refractivity contribution in [1.82, 2.24) is 0 Å². The Bertz CT molecular complexity index is 141. The predicted octanol–water partition coefficient (Wildman–Crippen LogP) is 2.05. The summed E-state index contributed by atoms with van der Waals surface area (Å²) in [5.41, 5.74) is 0. The topological polar surface area (TPSA) is 37.3 Å². The summed E-state index contributed by atoms with van der Waals surface area (Å²) in [6.45, 7) is 1.32. The molecular formula is C6H9F3O2. The molecule has 11 heavy (non-hydrogen) atoms. The van der Waals surface area contributed by atoms with Gasteiger partial charge in [0.2, 0.25) is 0 Å². The van der Waals surface area contributed by atoms with Gasteiger partial charge in [0.25, 0.3) is 0 Å². The molecule has 2 nitrogen and oxygen atoms in total. The Labute approximate surface area is 62.0 Å².